The fraction of sp³-hybridized carbons (Fsp3) is 0.118. The largest absolute Gasteiger partial charge is 0.306 e. The number of imide groups is 1. The highest BCUT2D eigenvalue weighted by Crippen LogP contribution is 2.26. The summed E-state index contributed by atoms with van der Waals surface area (Å²) >= 11 is 3.47. The fourth-order valence-corrected chi connectivity index (χ4v) is 3.21. The Labute approximate surface area is 141 Å². The van der Waals surface area contributed by atoms with Crippen molar-refractivity contribution in [1.82, 2.24) is 14.3 Å². The minimum atomic E-state index is -0.393. The van der Waals surface area contributed by atoms with Gasteiger partial charge in [0.2, 0.25) is 0 Å². The minimum absolute atomic E-state index is 0.109. The van der Waals surface area contributed by atoms with Crippen LogP contribution in [0.15, 0.2) is 59.4 Å². The molecule has 0 N–H and O–H groups in total. The molecule has 0 unspecified atom stereocenters. The van der Waals surface area contributed by atoms with Crippen LogP contribution in [0.1, 0.15) is 11.3 Å². The van der Waals surface area contributed by atoms with Crippen molar-refractivity contribution < 1.29 is 9.59 Å². The Hall–Kier alpha value is -2.47. The van der Waals surface area contributed by atoms with E-state index in [1.165, 1.54) is 12.2 Å². The Bertz CT molecular complexity index is 908. The Morgan fingerprint density at radius 1 is 1.30 bits per heavy atom. The molecular weight excluding hydrogens is 358 g/mol. The van der Waals surface area contributed by atoms with E-state index >= 15 is 0 Å². The average molecular weight is 372 g/mol. The fourth-order valence-electron chi connectivity index (χ4n) is 2.56. The highest BCUT2D eigenvalue weighted by molar-refractivity contribution is 9.10. The number of amides is 2. The SMILES string of the molecule is C=C/C=C1\C(=C)C(=O)N(Cc2cn3cc(C)cc(Br)c3n2)C1=O. The summed E-state index contributed by atoms with van der Waals surface area (Å²) in [6, 6.07) is 1.96. The zero-order valence-electron chi connectivity index (χ0n) is 12.5. The van der Waals surface area contributed by atoms with Crippen molar-refractivity contribution in [3.05, 3.63) is 70.6 Å². The normalized spacial score (nSPS) is 16.9. The van der Waals surface area contributed by atoms with Gasteiger partial charge in [-0.05, 0) is 40.6 Å². The highest BCUT2D eigenvalue weighted by Gasteiger charge is 2.37. The molecule has 23 heavy (non-hydrogen) atoms. The van der Waals surface area contributed by atoms with E-state index in [0.717, 1.165) is 20.6 Å². The number of imidazole rings is 1. The molecule has 2 amide bonds. The molecule has 0 atom stereocenters. The number of rotatable bonds is 3. The molecule has 0 aliphatic carbocycles. The molecule has 0 radical (unpaired) electrons. The number of aryl methyl sites for hydroxylation is 1. The molecule has 2 aromatic heterocycles. The molecule has 1 fully saturated rings. The standard InChI is InChI=1S/C17H14BrN3O2/c1-4-5-13-11(3)16(22)21(17(13)23)9-12-8-20-7-10(2)6-14(18)15(20)19-12/h4-8H,1,3,9H2,2H3/b13-5+. The zero-order chi connectivity index (χ0) is 16.7. The monoisotopic (exact) mass is 371 g/mol. The summed E-state index contributed by atoms with van der Waals surface area (Å²) in [5.74, 6) is -0.761. The van der Waals surface area contributed by atoms with E-state index in [4.69, 9.17) is 0 Å². The Morgan fingerprint density at radius 2 is 2.04 bits per heavy atom. The van der Waals surface area contributed by atoms with Gasteiger partial charge in [0.15, 0.2) is 5.65 Å². The van der Waals surface area contributed by atoms with Crippen LogP contribution in [0.2, 0.25) is 0 Å². The summed E-state index contributed by atoms with van der Waals surface area (Å²) < 4.78 is 2.73. The van der Waals surface area contributed by atoms with Gasteiger partial charge >= 0.3 is 0 Å². The number of hydrogen-bond acceptors (Lipinski definition) is 3. The lowest BCUT2D eigenvalue weighted by molar-refractivity contribution is -0.137. The number of fused-ring (bicyclic) bond motifs is 1. The highest BCUT2D eigenvalue weighted by atomic mass is 79.9. The van der Waals surface area contributed by atoms with Gasteiger partial charge in [-0.3, -0.25) is 14.5 Å². The van der Waals surface area contributed by atoms with Crippen molar-refractivity contribution >= 4 is 33.4 Å². The van der Waals surface area contributed by atoms with E-state index in [-0.39, 0.29) is 23.6 Å². The first-order valence-electron chi connectivity index (χ1n) is 6.94. The van der Waals surface area contributed by atoms with Gasteiger partial charge in [-0.2, -0.15) is 0 Å². The van der Waals surface area contributed by atoms with E-state index in [9.17, 15) is 9.59 Å². The lowest BCUT2D eigenvalue weighted by atomic mass is 10.1. The Balaban J connectivity index is 1.96. The van der Waals surface area contributed by atoms with E-state index < -0.39 is 5.91 Å². The Morgan fingerprint density at radius 3 is 2.74 bits per heavy atom. The summed E-state index contributed by atoms with van der Waals surface area (Å²) in [6.45, 7) is 9.33. The zero-order valence-corrected chi connectivity index (χ0v) is 14.1. The molecule has 0 saturated carbocycles. The number of pyridine rings is 1. The number of halogens is 1. The summed E-state index contributed by atoms with van der Waals surface area (Å²) in [5, 5.41) is 0. The van der Waals surface area contributed by atoms with E-state index in [1.54, 1.807) is 0 Å². The average Bonchev–Trinajstić information content (AvgIpc) is 2.98. The molecular formula is C17H14BrN3O2. The second-order valence-corrected chi connectivity index (χ2v) is 6.17. The van der Waals surface area contributed by atoms with Gasteiger partial charge < -0.3 is 4.40 Å². The molecule has 6 heteroatoms. The number of nitrogens with zero attached hydrogens (tertiary/aromatic N) is 3. The first-order valence-corrected chi connectivity index (χ1v) is 7.73. The summed E-state index contributed by atoms with van der Waals surface area (Å²) in [5.41, 5.74) is 2.92. The predicted octanol–water partition coefficient (Wildman–Crippen LogP) is 2.94. The van der Waals surface area contributed by atoms with Gasteiger partial charge in [-0.15, -0.1) is 0 Å². The minimum Gasteiger partial charge on any atom is -0.306 e. The molecule has 116 valence electrons. The van der Waals surface area contributed by atoms with Crippen molar-refractivity contribution in [2.45, 2.75) is 13.5 Å². The molecule has 0 aromatic carbocycles. The number of carbonyl (C=O) groups is 2. The van der Waals surface area contributed by atoms with Gasteiger partial charge in [0.1, 0.15) is 0 Å². The number of allylic oxidation sites excluding steroid dienone is 2. The van der Waals surface area contributed by atoms with Crippen LogP contribution < -0.4 is 0 Å². The van der Waals surface area contributed by atoms with Crippen LogP contribution in [0.3, 0.4) is 0 Å². The van der Waals surface area contributed by atoms with Crippen molar-refractivity contribution in [2.24, 2.45) is 0 Å². The predicted molar refractivity (Wildman–Crippen MR) is 90.6 cm³/mol. The second kappa shape index (κ2) is 5.62. The third-order valence-electron chi connectivity index (χ3n) is 3.60. The van der Waals surface area contributed by atoms with Crippen LogP contribution in [0.4, 0.5) is 0 Å². The summed E-state index contributed by atoms with van der Waals surface area (Å²) in [4.78, 5) is 30.2. The molecule has 5 nitrogen and oxygen atoms in total. The second-order valence-electron chi connectivity index (χ2n) is 5.32. The van der Waals surface area contributed by atoms with Gasteiger partial charge in [0.05, 0.1) is 22.3 Å². The molecule has 3 rings (SSSR count). The smallest absolute Gasteiger partial charge is 0.261 e. The van der Waals surface area contributed by atoms with Crippen LogP contribution in [0.25, 0.3) is 5.65 Å². The molecule has 0 spiro atoms. The maximum atomic E-state index is 12.3. The van der Waals surface area contributed by atoms with Crippen molar-refractivity contribution in [1.29, 1.82) is 0 Å². The van der Waals surface area contributed by atoms with Gasteiger partial charge in [-0.1, -0.05) is 19.2 Å². The summed E-state index contributed by atoms with van der Waals surface area (Å²) in [6.07, 6.45) is 6.73. The molecule has 1 saturated heterocycles. The van der Waals surface area contributed by atoms with Crippen LogP contribution in [-0.2, 0) is 16.1 Å². The quantitative estimate of drug-likeness (QED) is 0.615. The number of carbonyl (C=O) groups excluding carboxylic acids is 2. The molecule has 3 heterocycles. The first kappa shape index (κ1) is 15.4. The molecule has 1 aliphatic rings. The van der Waals surface area contributed by atoms with Gasteiger partial charge in [0.25, 0.3) is 11.8 Å². The molecule has 0 bridgehead atoms. The van der Waals surface area contributed by atoms with E-state index in [1.807, 2.05) is 29.8 Å². The van der Waals surface area contributed by atoms with Crippen LogP contribution in [0.5, 0.6) is 0 Å². The van der Waals surface area contributed by atoms with Crippen LogP contribution in [-0.4, -0.2) is 26.1 Å². The topological polar surface area (TPSA) is 54.7 Å². The molecule has 2 aromatic rings. The third kappa shape index (κ3) is 2.55. The third-order valence-corrected chi connectivity index (χ3v) is 4.19. The van der Waals surface area contributed by atoms with E-state index in [0.29, 0.717) is 5.69 Å². The maximum Gasteiger partial charge on any atom is 0.261 e. The van der Waals surface area contributed by atoms with Crippen LogP contribution >= 0.6 is 15.9 Å². The summed E-state index contributed by atoms with van der Waals surface area (Å²) in [7, 11) is 0. The van der Waals surface area contributed by atoms with Crippen LogP contribution in [0, 0.1) is 6.92 Å². The maximum absolute atomic E-state index is 12.3. The number of hydrogen-bond donors (Lipinski definition) is 0. The van der Waals surface area contributed by atoms with Gasteiger partial charge in [0, 0.05) is 18.0 Å². The Kier molecular flexibility index (Phi) is 3.77. The first-order chi connectivity index (χ1) is 10.9. The van der Waals surface area contributed by atoms with E-state index in [2.05, 4.69) is 34.1 Å². The molecule has 1 aliphatic heterocycles. The number of likely N-dealkylation sites (tertiary alicyclic amines) is 1. The van der Waals surface area contributed by atoms with Crippen molar-refractivity contribution in [2.75, 3.05) is 0 Å². The lowest BCUT2D eigenvalue weighted by Gasteiger charge is -2.10. The van der Waals surface area contributed by atoms with Gasteiger partial charge in [-0.25, -0.2) is 4.98 Å². The number of aromatic nitrogens is 2. The van der Waals surface area contributed by atoms with Crippen molar-refractivity contribution in [3.63, 3.8) is 0 Å². The lowest BCUT2D eigenvalue weighted by Crippen LogP contribution is -2.29. The van der Waals surface area contributed by atoms with Crippen molar-refractivity contribution in [3.8, 4) is 0 Å².